The Hall–Kier alpha value is -3.55. The van der Waals surface area contributed by atoms with Crippen LogP contribution in [0.25, 0.3) is 0 Å². The first-order valence-electron chi connectivity index (χ1n) is 11.2. The number of benzene rings is 2. The highest BCUT2D eigenvalue weighted by molar-refractivity contribution is 6.19. The molecule has 0 radical (unpaired) electrons. The smallest absolute Gasteiger partial charge is 0.306 e. The molecule has 1 saturated carbocycles. The third-order valence-electron chi connectivity index (χ3n) is 6.87. The van der Waals surface area contributed by atoms with Crippen molar-refractivity contribution in [2.45, 2.75) is 45.1 Å². The average Bonchev–Trinajstić information content (AvgIpc) is 3.07. The Kier molecular flexibility index (Phi) is 6.26. The quantitative estimate of drug-likeness (QED) is 0.374. The fourth-order valence-electron chi connectivity index (χ4n) is 5.56. The van der Waals surface area contributed by atoms with Crippen LogP contribution in [0.4, 0.5) is 5.69 Å². The van der Waals surface area contributed by atoms with E-state index >= 15 is 0 Å². The molecule has 4 rings (SSSR count). The Bertz CT molecular complexity index is 1070. The van der Waals surface area contributed by atoms with E-state index < -0.39 is 29.3 Å². The zero-order chi connectivity index (χ0) is 23.6. The van der Waals surface area contributed by atoms with Crippen LogP contribution in [-0.4, -0.2) is 35.2 Å². The molecular weight excluding hydrogens is 422 g/mol. The Morgan fingerprint density at radius 1 is 1.15 bits per heavy atom. The van der Waals surface area contributed by atoms with Gasteiger partial charge in [-0.2, -0.15) is 10.1 Å². The number of carbonyl (C=O) groups is 2. The molecule has 1 amide bonds. The summed E-state index contributed by atoms with van der Waals surface area (Å²) in [5.74, 6) is -1.97. The summed E-state index contributed by atoms with van der Waals surface area (Å²) in [4.78, 5) is 38.7. The summed E-state index contributed by atoms with van der Waals surface area (Å²) in [7, 11) is 0. The highest BCUT2D eigenvalue weighted by Gasteiger charge is 2.66. The number of para-hydroxylation sites is 1. The van der Waals surface area contributed by atoms with E-state index in [1.54, 1.807) is 26.0 Å². The molecule has 2 aromatic rings. The molecule has 0 N–H and O–H groups in total. The normalized spacial score (nSPS) is 26.8. The molecule has 4 atom stereocenters. The Morgan fingerprint density at radius 3 is 2.39 bits per heavy atom. The molecule has 172 valence electrons. The van der Waals surface area contributed by atoms with Crippen molar-refractivity contribution in [2.24, 2.45) is 16.4 Å². The minimum atomic E-state index is -1.32. The van der Waals surface area contributed by atoms with E-state index in [1.165, 1.54) is 5.01 Å². The van der Waals surface area contributed by atoms with Crippen molar-refractivity contribution >= 4 is 23.3 Å². The maximum absolute atomic E-state index is 14.2. The predicted molar refractivity (Wildman–Crippen MR) is 123 cm³/mol. The van der Waals surface area contributed by atoms with Gasteiger partial charge < -0.3 is 4.74 Å². The molecule has 8 heteroatoms. The number of amides is 1. The minimum Gasteiger partial charge on any atom is -0.466 e. The number of hydrogen-bond acceptors (Lipinski definition) is 6. The number of rotatable bonds is 6. The molecule has 1 heterocycles. The van der Waals surface area contributed by atoms with E-state index in [4.69, 9.17) is 4.74 Å². The van der Waals surface area contributed by atoms with Gasteiger partial charge in [0.05, 0.1) is 23.9 Å². The number of anilines is 1. The van der Waals surface area contributed by atoms with Crippen molar-refractivity contribution < 1.29 is 19.2 Å². The van der Waals surface area contributed by atoms with Gasteiger partial charge in [-0.3, -0.25) is 19.7 Å². The fourth-order valence-corrected chi connectivity index (χ4v) is 5.56. The van der Waals surface area contributed by atoms with E-state index in [0.29, 0.717) is 23.4 Å². The van der Waals surface area contributed by atoms with Crippen molar-refractivity contribution in [1.29, 1.82) is 0 Å². The van der Waals surface area contributed by atoms with Crippen LogP contribution >= 0.6 is 0 Å². The summed E-state index contributed by atoms with van der Waals surface area (Å²) in [6.45, 7) is 3.71. The highest BCUT2D eigenvalue weighted by atomic mass is 16.6. The van der Waals surface area contributed by atoms with Crippen LogP contribution in [0.3, 0.4) is 0 Å². The van der Waals surface area contributed by atoms with Crippen LogP contribution in [0, 0.1) is 21.4 Å². The molecule has 2 aliphatic rings. The second-order valence-electron chi connectivity index (χ2n) is 8.53. The molecule has 1 aliphatic heterocycles. The SMILES string of the molecule is CCOC(=O)C[C@@H]1CC[C@@H]([N+](=O)[O-])[C@H](c2ccccc2)[C@]12C(=O)N(c1ccccc1)N=C2C. The summed E-state index contributed by atoms with van der Waals surface area (Å²) < 4.78 is 5.21. The van der Waals surface area contributed by atoms with Crippen LogP contribution in [0.2, 0.25) is 0 Å². The lowest BCUT2D eigenvalue weighted by atomic mass is 9.53. The van der Waals surface area contributed by atoms with Gasteiger partial charge in [-0.1, -0.05) is 48.5 Å². The zero-order valence-corrected chi connectivity index (χ0v) is 18.7. The second kappa shape index (κ2) is 9.13. The number of hydrogen-bond donors (Lipinski definition) is 0. The van der Waals surface area contributed by atoms with Gasteiger partial charge in [0.1, 0.15) is 5.41 Å². The lowest BCUT2D eigenvalue weighted by Gasteiger charge is -2.46. The number of esters is 1. The summed E-state index contributed by atoms with van der Waals surface area (Å²) in [5.41, 5.74) is 0.459. The molecule has 1 aliphatic carbocycles. The van der Waals surface area contributed by atoms with Crippen LogP contribution < -0.4 is 5.01 Å². The summed E-state index contributed by atoms with van der Waals surface area (Å²) in [6.07, 6.45) is 0.627. The lowest BCUT2D eigenvalue weighted by Crippen LogP contribution is -2.57. The Morgan fingerprint density at radius 2 is 1.79 bits per heavy atom. The van der Waals surface area contributed by atoms with Crippen LogP contribution in [-0.2, 0) is 14.3 Å². The molecule has 1 spiro atoms. The second-order valence-corrected chi connectivity index (χ2v) is 8.53. The molecule has 0 aromatic heterocycles. The summed E-state index contributed by atoms with van der Waals surface area (Å²) in [6, 6.07) is 17.1. The first-order chi connectivity index (χ1) is 15.9. The van der Waals surface area contributed by atoms with Crippen molar-refractivity contribution in [2.75, 3.05) is 11.6 Å². The van der Waals surface area contributed by atoms with Crippen molar-refractivity contribution in [3.8, 4) is 0 Å². The maximum Gasteiger partial charge on any atom is 0.306 e. The highest BCUT2D eigenvalue weighted by Crippen LogP contribution is 2.57. The largest absolute Gasteiger partial charge is 0.466 e. The van der Waals surface area contributed by atoms with Crippen LogP contribution in [0.1, 0.15) is 44.6 Å². The van der Waals surface area contributed by atoms with Gasteiger partial charge in [0, 0.05) is 17.8 Å². The minimum absolute atomic E-state index is 0.00282. The summed E-state index contributed by atoms with van der Waals surface area (Å²) in [5, 5.41) is 18.2. The molecule has 0 unspecified atom stereocenters. The van der Waals surface area contributed by atoms with E-state index in [1.807, 2.05) is 48.5 Å². The summed E-state index contributed by atoms with van der Waals surface area (Å²) >= 11 is 0. The number of nitro groups is 1. The molecule has 8 nitrogen and oxygen atoms in total. The van der Waals surface area contributed by atoms with Gasteiger partial charge in [-0.25, -0.2) is 0 Å². The van der Waals surface area contributed by atoms with Gasteiger partial charge in [-0.15, -0.1) is 0 Å². The fraction of sp³-hybridized carbons (Fsp3) is 0.400. The first-order valence-corrected chi connectivity index (χ1v) is 11.2. The maximum atomic E-state index is 14.2. The Labute approximate surface area is 192 Å². The number of carbonyl (C=O) groups excluding carboxylic acids is 2. The molecule has 0 saturated heterocycles. The first kappa shape index (κ1) is 22.6. The van der Waals surface area contributed by atoms with E-state index in [-0.39, 0.29) is 30.3 Å². The van der Waals surface area contributed by atoms with Gasteiger partial charge in [0.25, 0.3) is 5.91 Å². The molecular formula is C25H27N3O5. The molecule has 0 bridgehead atoms. The van der Waals surface area contributed by atoms with Crippen molar-refractivity contribution in [3.63, 3.8) is 0 Å². The monoisotopic (exact) mass is 449 g/mol. The van der Waals surface area contributed by atoms with Gasteiger partial charge in [0.15, 0.2) is 0 Å². The predicted octanol–water partition coefficient (Wildman–Crippen LogP) is 4.19. The van der Waals surface area contributed by atoms with Crippen LogP contribution in [0.15, 0.2) is 65.8 Å². The van der Waals surface area contributed by atoms with Gasteiger partial charge in [0.2, 0.25) is 6.04 Å². The van der Waals surface area contributed by atoms with E-state index in [0.717, 1.165) is 0 Å². The topological polar surface area (TPSA) is 102 Å². The Balaban J connectivity index is 1.90. The third-order valence-corrected chi connectivity index (χ3v) is 6.87. The third kappa shape index (κ3) is 3.79. The number of nitrogens with zero attached hydrogens (tertiary/aromatic N) is 3. The zero-order valence-electron chi connectivity index (χ0n) is 18.7. The molecule has 1 fully saturated rings. The van der Waals surface area contributed by atoms with E-state index in [9.17, 15) is 19.7 Å². The number of hydrazone groups is 1. The number of ether oxygens (including phenoxy) is 1. The van der Waals surface area contributed by atoms with Crippen LogP contribution in [0.5, 0.6) is 0 Å². The molecule has 33 heavy (non-hydrogen) atoms. The van der Waals surface area contributed by atoms with E-state index in [2.05, 4.69) is 5.10 Å². The van der Waals surface area contributed by atoms with Gasteiger partial charge >= 0.3 is 5.97 Å². The standard InChI is InChI=1S/C25H27N3O5/c1-3-33-22(29)16-19-14-15-21(28(31)32)23(18-10-6-4-7-11-18)25(19)17(2)26-27(24(25)30)20-12-8-5-9-13-20/h4-13,19,21,23H,3,14-16H2,1-2H3/t19-,21+,23-,25+/m0/s1. The lowest BCUT2D eigenvalue weighted by molar-refractivity contribution is -0.533. The molecule has 2 aromatic carbocycles. The average molecular weight is 450 g/mol. The van der Waals surface area contributed by atoms with Crippen molar-refractivity contribution in [1.82, 2.24) is 0 Å². The van der Waals surface area contributed by atoms with Crippen molar-refractivity contribution in [3.05, 3.63) is 76.3 Å². The van der Waals surface area contributed by atoms with Gasteiger partial charge in [-0.05, 0) is 43.9 Å².